The number of benzene rings is 2. The molecule has 0 spiro atoms. The summed E-state index contributed by atoms with van der Waals surface area (Å²) in [6.07, 6.45) is 0.464. The number of carbonyl (C=O) groups is 4. The minimum absolute atomic E-state index is 0.0253. The van der Waals surface area contributed by atoms with Crippen LogP contribution in [-0.4, -0.2) is 116 Å². The molecule has 1 saturated heterocycles. The van der Waals surface area contributed by atoms with Crippen molar-refractivity contribution in [2.45, 2.75) is 117 Å². The molecule has 2 aliphatic heterocycles. The van der Waals surface area contributed by atoms with E-state index in [1.165, 1.54) is 9.78 Å². The summed E-state index contributed by atoms with van der Waals surface area (Å²) >= 11 is 9.48. The zero-order valence-corrected chi connectivity index (χ0v) is 41.7. The molecule has 8 rings (SSSR count). The number of thiazole rings is 1. The smallest absolute Gasteiger partial charge is 0.246 e. The molecule has 2 aromatic carbocycles. The highest BCUT2D eigenvalue weighted by Crippen LogP contribution is 2.40. The number of ether oxygens (including phenoxy) is 2. The van der Waals surface area contributed by atoms with Gasteiger partial charge in [-0.3, -0.25) is 28.7 Å². The van der Waals surface area contributed by atoms with Gasteiger partial charge in [0.25, 0.3) is 0 Å². The van der Waals surface area contributed by atoms with Gasteiger partial charge < -0.3 is 35.4 Å². The number of likely N-dealkylation sites (tertiary alicyclic amines) is 1. The summed E-state index contributed by atoms with van der Waals surface area (Å²) < 4.78 is 13.6. The maximum absolute atomic E-state index is 14.0. The summed E-state index contributed by atoms with van der Waals surface area (Å²) in [5, 5.41) is 30.0. The van der Waals surface area contributed by atoms with Gasteiger partial charge in [-0.15, -0.1) is 32.9 Å². The Morgan fingerprint density at radius 2 is 1.66 bits per heavy atom. The Hall–Kier alpha value is -5.37. The number of nitrogens with one attached hydrogen (secondary N) is 3. The van der Waals surface area contributed by atoms with Crippen molar-refractivity contribution in [1.82, 2.24) is 40.6 Å². The summed E-state index contributed by atoms with van der Waals surface area (Å²) in [6.45, 7) is 13.8. The van der Waals surface area contributed by atoms with E-state index in [-0.39, 0.29) is 69.7 Å². The molecule has 3 aromatic heterocycles. The van der Waals surface area contributed by atoms with Crippen LogP contribution in [0.2, 0.25) is 5.02 Å². The Labute approximate surface area is 408 Å². The van der Waals surface area contributed by atoms with Crippen molar-refractivity contribution in [3.63, 3.8) is 0 Å². The van der Waals surface area contributed by atoms with Crippen molar-refractivity contribution < 1.29 is 33.8 Å². The molecule has 16 nitrogen and oxygen atoms in total. The molecule has 5 heterocycles. The molecule has 1 saturated carbocycles. The Morgan fingerprint density at radius 3 is 2.35 bits per heavy atom. The summed E-state index contributed by atoms with van der Waals surface area (Å²) in [7, 11) is 0. The number of thiophene rings is 1. The zero-order valence-electron chi connectivity index (χ0n) is 39.3. The van der Waals surface area contributed by atoms with Gasteiger partial charge in [-0.1, -0.05) is 68.8 Å². The average molecular weight is 985 g/mol. The summed E-state index contributed by atoms with van der Waals surface area (Å²) in [5.74, 6) is -0.130. The second kappa shape index (κ2) is 20.7. The fraction of sp³-hybridized carbons (Fsp3) is 0.469. The van der Waals surface area contributed by atoms with Gasteiger partial charge in [-0.2, -0.15) is 0 Å². The molecule has 68 heavy (non-hydrogen) atoms. The van der Waals surface area contributed by atoms with Crippen LogP contribution in [0.4, 0.5) is 0 Å². The number of amides is 4. The van der Waals surface area contributed by atoms with Crippen LogP contribution in [-0.2, 0) is 35.2 Å². The summed E-state index contributed by atoms with van der Waals surface area (Å²) in [5.41, 5.74) is 7.80. The number of hydrogen-bond donors (Lipinski definition) is 4. The maximum Gasteiger partial charge on any atom is 0.246 e. The topological polar surface area (TPSA) is 202 Å². The SMILES string of the molecule is Cc1ncsc1-c1ccc(CNC(=O)[C@@H]2C[C@@H](O)CN2C(=O)C(NC(=O)COCCO[C@H]2C[C@H](NC(=O)C[C@@H]3N=C(c4ccc(Cl)cc4)c4c(sc(C)c4C)-n4c(C)nnc43)C2)C(C)(C)C)cc1. The van der Waals surface area contributed by atoms with Crippen LogP contribution in [0.25, 0.3) is 15.4 Å². The molecule has 1 aliphatic carbocycles. The van der Waals surface area contributed by atoms with Crippen molar-refractivity contribution in [1.29, 1.82) is 0 Å². The second-order valence-electron chi connectivity index (χ2n) is 18.8. The lowest BCUT2D eigenvalue weighted by Crippen LogP contribution is -2.58. The van der Waals surface area contributed by atoms with E-state index in [0.717, 1.165) is 54.9 Å². The molecule has 4 N–H and O–H groups in total. The van der Waals surface area contributed by atoms with Gasteiger partial charge in [0.1, 0.15) is 35.6 Å². The van der Waals surface area contributed by atoms with Gasteiger partial charge in [0.15, 0.2) is 5.82 Å². The molecule has 3 aliphatic rings. The number of nitrogens with zero attached hydrogens (tertiary/aromatic N) is 6. The van der Waals surface area contributed by atoms with Gasteiger partial charge in [0.2, 0.25) is 23.6 Å². The molecule has 360 valence electrons. The highest BCUT2D eigenvalue weighted by Gasteiger charge is 2.44. The fourth-order valence-corrected chi connectivity index (χ4v) is 11.0. The first-order valence-electron chi connectivity index (χ1n) is 22.8. The van der Waals surface area contributed by atoms with E-state index in [4.69, 9.17) is 26.1 Å². The first-order chi connectivity index (χ1) is 32.4. The van der Waals surface area contributed by atoms with Crippen LogP contribution in [0.5, 0.6) is 0 Å². The molecule has 1 unspecified atom stereocenters. The van der Waals surface area contributed by atoms with Gasteiger partial charge in [0, 0.05) is 46.6 Å². The minimum atomic E-state index is -0.982. The maximum atomic E-state index is 14.0. The standard InChI is InChI=1S/C49H58ClN9O7S2/c1-26-28(3)68-48-41(26)42(31-12-14-33(50)15-13-31)54-37(45-57-56-29(4)59(45)48)21-39(61)53-34-18-36(19-34)66-17-16-65-24-40(62)55-44(49(5,6)7)47(64)58-23-35(60)20-38(58)46(63)51-22-30-8-10-32(11-9-30)43-27(2)52-25-67-43/h8-15,25,34-38,44,60H,16-24H2,1-7H3,(H,51,63)(H,53,61)(H,55,62)/t34-,35-,36-,37+,38+,44?/m1/s1. The van der Waals surface area contributed by atoms with Crippen LogP contribution in [0.3, 0.4) is 0 Å². The van der Waals surface area contributed by atoms with E-state index >= 15 is 0 Å². The van der Waals surface area contributed by atoms with E-state index < -0.39 is 41.5 Å². The Bertz CT molecular complexity index is 2690. The third kappa shape index (κ3) is 10.9. The molecule has 4 atom stereocenters. The number of aliphatic hydroxyl groups is 1. The predicted octanol–water partition coefficient (Wildman–Crippen LogP) is 6.11. The van der Waals surface area contributed by atoms with Crippen LogP contribution in [0.15, 0.2) is 59.0 Å². The van der Waals surface area contributed by atoms with E-state index in [1.54, 1.807) is 22.7 Å². The number of aryl methyl sites for hydroxylation is 3. The number of fused-ring (bicyclic) bond motifs is 3. The number of rotatable bonds is 16. The minimum Gasteiger partial charge on any atom is -0.391 e. The molecular formula is C49H58ClN9O7S2. The average Bonchev–Trinajstić information content (AvgIpc) is 4.05. The molecular weight excluding hydrogens is 926 g/mol. The zero-order chi connectivity index (χ0) is 48.4. The number of hydrogen-bond acceptors (Lipinski definition) is 13. The molecule has 5 aromatic rings. The molecule has 2 fully saturated rings. The lowest BCUT2D eigenvalue weighted by Gasteiger charge is -2.36. The Balaban J connectivity index is 0.776. The van der Waals surface area contributed by atoms with Crippen LogP contribution >= 0.6 is 34.3 Å². The number of aromatic nitrogens is 4. The number of halogens is 1. The first kappa shape index (κ1) is 49.1. The van der Waals surface area contributed by atoms with Crippen LogP contribution in [0.1, 0.15) is 97.0 Å². The van der Waals surface area contributed by atoms with Gasteiger partial charge in [-0.25, -0.2) is 4.98 Å². The first-order valence-corrected chi connectivity index (χ1v) is 24.9. The largest absolute Gasteiger partial charge is 0.391 e. The molecule has 19 heteroatoms. The number of β-amino-alcohol motifs (C(OH)–C–C–N with tert-alkyl or cyclic N) is 1. The third-order valence-electron chi connectivity index (χ3n) is 12.7. The number of aliphatic imine (C=N–C) groups is 1. The van der Waals surface area contributed by atoms with Gasteiger partial charge >= 0.3 is 0 Å². The van der Waals surface area contributed by atoms with E-state index in [9.17, 15) is 24.3 Å². The van der Waals surface area contributed by atoms with Crippen LogP contribution < -0.4 is 16.0 Å². The quantitative estimate of drug-likeness (QED) is 0.0836. The van der Waals surface area contributed by atoms with E-state index in [1.807, 2.05) is 93.2 Å². The highest BCUT2D eigenvalue weighted by atomic mass is 35.5. The normalized spacial score (nSPS) is 20.4. The van der Waals surface area contributed by atoms with Crippen molar-refractivity contribution >= 4 is 63.6 Å². The predicted molar refractivity (Wildman–Crippen MR) is 261 cm³/mol. The monoisotopic (exact) mass is 983 g/mol. The lowest BCUT2D eigenvalue weighted by molar-refractivity contribution is -0.144. The van der Waals surface area contributed by atoms with E-state index in [0.29, 0.717) is 23.7 Å². The Kier molecular flexibility index (Phi) is 14.9. The highest BCUT2D eigenvalue weighted by molar-refractivity contribution is 7.15. The van der Waals surface area contributed by atoms with Crippen LogP contribution in [0, 0.1) is 33.1 Å². The number of carbonyl (C=O) groups excluding carboxylic acids is 4. The Morgan fingerprint density at radius 1 is 0.941 bits per heavy atom. The molecule has 0 bridgehead atoms. The summed E-state index contributed by atoms with van der Waals surface area (Å²) in [6, 6.07) is 12.9. The van der Waals surface area contributed by atoms with E-state index in [2.05, 4.69) is 45.0 Å². The number of aliphatic hydroxyl groups excluding tert-OH is 1. The van der Waals surface area contributed by atoms with Crippen molar-refractivity contribution in [3.8, 4) is 15.4 Å². The third-order valence-corrected chi connectivity index (χ3v) is 15.1. The fourth-order valence-electron chi connectivity index (χ4n) is 8.84. The van der Waals surface area contributed by atoms with Crippen molar-refractivity contribution in [2.75, 3.05) is 26.4 Å². The molecule has 0 radical (unpaired) electrons. The van der Waals surface area contributed by atoms with Gasteiger partial charge in [0.05, 0.1) is 53.6 Å². The lowest BCUT2D eigenvalue weighted by atomic mass is 9.85. The second-order valence-corrected chi connectivity index (χ2v) is 21.3. The van der Waals surface area contributed by atoms with Crippen molar-refractivity contribution in [2.24, 2.45) is 10.4 Å². The summed E-state index contributed by atoms with van der Waals surface area (Å²) in [4.78, 5) is 67.3. The van der Waals surface area contributed by atoms with Crippen molar-refractivity contribution in [3.05, 3.63) is 104 Å². The molecule has 4 amide bonds. The van der Waals surface area contributed by atoms with Gasteiger partial charge in [-0.05, 0) is 74.8 Å².